The highest BCUT2D eigenvalue weighted by atomic mass is 16.5. The van der Waals surface area contributed by atoms with Crippen LogP contribution in [0.4, 0.5) is 0 Å². The molecule has 2 aromatic carbocycles. The molecule has 1 fully saturated rings. The van der Waals surface area contributed by atoms with Crippen molar-refractivity contribution in [3.63, 3.8) is 0 Å². The Morgan fingerprint density at radius 2 is 1.87 bits per heavy atom. The van der Waals surface area contributed by atoms with E-state index in [1.165, 1.54) is 0 Å². The van der Waals surface area contributed by atoms with E-state index in [0.717, 1.165) is 49.2 Å². The van der Waals surface area contributed by atoms with Gasteiger partial charge in [-0.1, -0.05) is 60.5 Å². The Morgan fingerprint density at radius 3 is 2.63 bits per heavy atom. The van der Waals surface area contributed by atoms with Gasteiger partial charge in [0.1, 0.15) is 12.4 Å². The van der Waals surface area contributed by atoms with E-state index in [9.17, 15) is 4.79 Å². The Labute approximate surface area is 226 Å². The summed E-state index contributed by atoms with van der Waals surface area (Å²) in [4.78, 5) is 14.6. The summed E-state index contributed by atoms with van der Waals surface area (Å²) in [6.07, 6.45) is 4.64. The number of hydrogen-bond donors (Lipinski definition) is 0. The number of amides is 1. The van der Waals surface area contributed by atoms with Crippen molar-refractivity contribution in [2.24, 2.45) is 5.92 Å². The first kappa shape index (κ1) is 27.4. The average Bonchev–Trinajstić information content (AvgIpc) is 3.62. The van der Waals surface area contributed by atoms with Crippen molar-refractivity contribution < 1.29 is 14.3 Å². The van der Waals surface area contributed by atoms with E-state index in [1.54, 1.807) is 0 Å². The maximum absolute atomic E-state index is 12.7. The highest BCUT2D eigenvalue weighted by molar-refractivity contribution is 5.79. The Bertz CT molecular complexity index is 1240. The standard InChI is InChI=1S/C31H38N4O3/c1-5-34(6-2)31(36)24(4)30-18-17-29(38-30)20-23(3)35-22-27(32-33-35)15-11-19-37-28-16-10-14-26(21-28)25-12-8-7-9-13-25/h7-10,12-14,16,21-24,29-30H,5-6,17-20H2,1-4H3/t23-,24-,29+,30-/m1/s1. The first-order valence-corrected chi connectivity index (χ1v) is 13.6. The van der Waals surface area contributed by atoms with E-state index in [4.69, 9.17) is 9.47 Å². The predicted octanol–water partition coefficient (Wildman–Crippen LogP) is 5.38. The summed E-state index contributed by atoms with van der Waals surface area (Å²) in [5, 5.41) is 8.48. The van der Waals surface area contributed by atoms with E-state index >= 15 is 0 Å². The van der Waals surface area contributed by atoms with Crippen LogP contribution in [0.1, 0.15) is 58.7 Å². The lowest BCUT2D eigenvalue weighted by molar-refractivity contribution is -0.139. The second-order valence-corrected chi connectivity index (χ2v) is 9.83. The van der Waals surface area contributed by atoms with Gasteiger partial charge in [0.2, 0.25) is 5.91 Å². The van der Waals surface area contributed by atoms with Gasteiger partial charge in [0.25, 0.3) is 0 Å². The molecule has 1 saturated heterocycles. The van der Waals surface area contributed by atoms with Gasteiger partial charge in [-0.15, -0.1) is 5.10 Å². The molecule has 1 aromatic heterocycles. The van der Waals surface area contributed by atoms with Crippen LogP contribution in [0.5, 0.6) is 5.75 Å². The summed E-state index contributed by atoms with van der Waals surface area (Å²) >= 11 is 0. The Kier molecular flexibility index (Phi) is 9.56. The van der Waals surface area contributed by atoms with Crippen LogP contribution in [0.15, 0.2) is 60.8 Å². The van der Waals surface area contributed by atoms with E-state index in [-0.39, 0.29) is 36.7 Å². The number of hydrogen-bond acceptors (Lipinski definition) is 5. The maximum Gasteiger partial charge on any atom is 0.228 e. The van der Waals surface area contributed by atoms with Gasteiger partial charge >= 0.3 is 0 Å². The molecule has 200 valence electrons. The van der Waals surface area contributed by atoms with Crippen LogP contribution in [-0.2, 0) is 9.53 Å². The molecule has 0 N–H and O–H groups in total. The molecule has 1 amide bonds. The summed E-state index contributed by atoms with van der Waals surface area (Å²) in [6, 6.07) is 18.3. The molecule has 4 atom stereocenters. The Hall–Kier alpha value is -3.63. The minimum Gasteiger partial charge on any atom is -0.481 e. The fourth-order valence-corrected chi connectivity index (χ4v) is 4.94. The van der Waals surface area contributed by atoms with Gasteiger partial charge in [0.15, 0.2) is 5.69 Å². The zero-order valence-electron chi connectivity index (χ0n) is 22.8. The third-order valence-corrected chi connectivity index (χ3v) is 7.20. The van der Waals surface area contributed by atoms with Gasteiger partial charge < -0.3 is 14.4 Å². The third-order valence-electron chi connectivity index (χ3n) is 7.20. The van der Waals surface area contributed by atoms with Crippen LogP contribution in [-0.4, -0.2) is 57.7 Å². The van der Waals surface area contributed by atoms with Crippen molar-refractivity contribution in [3.8, 4) is 28.7 Å². The number of ether oxygens (including phenoxy) is 2. The zero-order valence-corrected chi connectivity index (χ0v) is 22.8. The molecule has 1 aliphatic rings. The lowest BCUT2D eigenvalue weighted by Crippen LogP contribution is -2.39. The van der Waals surface area contributed by atoms with Gasteiger partial charge in [-0.2, -0.15) is 0 Å². The minimum absolute atomic E-state index is 0.0224. The Balaban J connectivity index is 1.25. The predicted molar refractivity (Wildman–Crippen MR) is 149 cm³/mol. The van der Waals surface area contributed by atoms with Crippen molar-refractivity contribution in [1.29, 1.82) is 0 Å². The summed E-state index contributed by atoms with van der Waals surface area (Å²) in [7, 11) is 0. The molecule has 1 aliphatic heterocycles. The molecule has 3 aromatic rings. The van der Waals surface area contributed by atoms with Gasteiger partial charge in [-0.25, -0.2) is 4.68 Å². The molecule has 0 bridgehead atoms. The van der Waals surface area contributed by atoms with Gasteiger partial charge in [-0.3, -0.25) is 4.79 Å². The van der Waals surface area contributed by atoms with Gasteiger partial charge in [0, 0.05) is 13.1 Å². The van der Waals surface area contributed by atoms with Crippen molar-refractivity contribution in [2.75, 3.05) is 19.7 Å². The number of benzene rings is 2. The molecule has 2 heterocycles. The number of carbonyl (C=O) groups excluding carboxylic acids is 1. The molecular formula is C31H38N4O3. The normalized spacial score (nSPS) is 18.3. The molecule has 7 nitrogen and oxygen atoms in total. The van der Waals surface area contributed by atoms with E-state index in [2.05, 4.69) is 47.3 Å². The number of carbonyl (C=O) groups is 1. The van der Waals surface area contributed by atoms with Crippen LogP contribution >= 0.6 is 0 Å². The monoisotopic (exact) mass is 514 g/mol. The van der Waals surface area contributed by atoms with E-state index < -0.39 is 0 Å². The van der Waals surface area contributed by atoms with Crippen molar-refractivity contribution >= 4 is 5.91 Å². The fraction of sp³-hybridized carbons (Fsp3) is 0.452. The lowest BCUT2D eigenvalue weighted by Gasteiger charge is -2.26. The molecule has 0 saturated carbocycles. The molecule has 0 spiro atoms. The SMILES string of the molecule is CCN(CC)C(=O)[C@H](C)[C@H]1CC[C@@H](C[C@@H](C)n2cc(C#CCOc3cccc(-c4ccccc4)c3)nn2)O1. The summed E-state index contributed by atoms with van der Waals surface area (Å²) in [5.41, 5.74) is 2.87. The van der Waals surface area contributed by atoms with Crippen LogP contribution in [0.3, 0.4) is 0 Å². The lowest BCUT2D eigenvalue weighted by atomic mass is 9.99. The molecular weight excluding hydrogens is 476 g/mol. The van der Waals surface area contributed by atoms with Crippen LogP contribution < -0.4 is 4.74 Å². The van der Waals surface area contributed by atoms with Crippen molar-refractivity contribution in [2.45, 2.75) is 65.2 Å². The van der Waals surface area contributed by atoms with Gasteiger partial charge in [0.05, 0.1) is 30.4 Å². The first-order valence-electron chi connectivity index (χ1n) is 13.6. The summed E-state index contributed by atoms with van der Waals surface area (Å²) in [5.74, 6) is 6.92. The van der Waals surface area contributed by atoms with E-state index in [1.807, 2.05) is 72.9 Å². The molecule has 0 radical (unpaired) electrons. The Morgan fingerprint density at radius 1 is 1.11 bits per heavy atom. The van der Waals surface area contributed by atoms with Crippen LogP contribution in [0, 0.1) is 17.8 Å². The summed E-state index contributed by atoms with van der Waals surface area (Å²) < 4.78 is 14.0. The second kappa shape index (κ2) is 13.3. The smallest absolute Gasteiger partial charge is 0.228 e. The van der Waals surface area contributed by atoms with Crippen molar-refractivity contribution in [1.82, 2.24) is 19.9 Å². The van der Waals surface area contributed by atoms with Crippen LogP contribution in [0.2, 0.25) is 0 Å². The maximum atomic E-state index is 12.7. The minimum atomic E-state index is -0.119. The highest BCUT2D eigenvalue weighted by Gasteiger charge is 2.35. The third kappa shape index (κ3) is 7.02. The molecule has 4 rings (SSSR count). The van der Waals surface area contributed by atoms with Crippen molar-refractivity contribution in [3.05, 3.63) is 66.5 Å². The number of nitrogens with zero attached hydrogens (tertiary/aromatic N) is 4. The fourth-order valence-electron chi connectivity index (χ4n) is 4.94. The molecule has 7 heteroatoms. The molecule has 0 unspecified atom stereocenters. The number of rotatable bonds is 10. The molecule has 38 heavy (non-hydrogen) atoms. The largest absolute Gasteiger partial charge is 0.481 e. The van der Waals surface area contributed by atoms with E-state index in [0.29, 0.717) is 5.69 Å². The summed E-state index contributed by atoms with van der Waals surface area (Å²) in [6.45, 7) is 9.86. The van der Waals surface area contributed by atoms with Crippen LogP contribution in [0.25, 0.3) is 11.1 Å². The quantitative estimate of drug-likeness (QED) is 0.340. The van der Waals surface area contributed by atoms with Gasteiger partial charge in [-0.05, 0) is 69.2 Å². The number of aromatic nitrogens is 3. The average molecular weight is 515 g/mol. The zero-order chi connectivity index (χ0) is 26.9. The topological polar surface area (TPSA) is 69.5 Å². The highest BCUT2D eigenvalue weighted by Crippen LogP contribution is 2.31. The first-order chi connectivity index (χ1) is 18.5. The molecule has 0 aliphatic carbocycles. The second-order valence-electron chi connectivity index (χ2n) is 9.83.